The molecule has 0 radical (unpaired) electrons. The summed E-state index contributed by atoms with van der Waals surface area (Å²) in [7, 11) is 0. The minimum absolute atomic E-state index is 0.384. The van der Waals surface area contributed by atoms with Gasteiger partial charge < -0.3 is 10.3 Å². The van der Waals surface area contributed by atoms with E-state index in [1.807, 2.05) is 6.20 Å². The fourth-order valence-corrected chi connectivity index (χ4v) is 2.49. The molecule has 0 atom stereocenters. The molecule has 1 fully saturated rings. The molecule has 2 aromatic rings. The molecule has 1 aromatic carbocycles. The fraction of sp³-hybridized carbons (Fsp3) is 0.429. The second kappa shape index (κ2) is 3.63. The van der Waals surface area contributed by atoms with Crippen LogP contribution in [0.15, 0.2) is 30.5 Å². The van der Waals surface area contributed by atoms with E-state index in [4.69, 9.17) is 0 Å². The highest BCUT2D eigenvalue weighted by atomic mass is 15.0. The second-order valence-corrected chi connectivity index (χ2v) is 5.13. The Bertz CT molecular complexity index is 494. The summed E-state index contributed by atoms with van der Waals surface area (Å²) < 4.78 is 0. The maximum absolute atomic E-state index is 3.67. The molecule has 2 N–H and O–H groups in total. The Morgan fingerprint density at radius 1 is 1.31 bits per heavy atom. The normalized spacial score (nSPS) is 18.6. The maximum Gasteiger partial charge on any atom is 0.0499 e. The Morgan fingerprint density at radius 3 is 2.94 bits per heavy atom. The summed E-state index contributed by atoms with van der Waals surface area (Å²) in [6, 6.07) is 8.62. The smallest absolute Gasteiger partial charge is 0.0499 e. The average molecular weight is 214 g/mol. The van der Waals surface area contributed by atoms with Crippen LogP contribution in [0.3, 0.4) is 0 Å². The molecule has 0 bridgehead atoms. The van der Waals surface area contributed by atoms with Gasteiger partial charge in [-0.1, -0.05) is 18.2 Å². The quantitative estimate of drug-likeness (QED) is 0.806. The van der Waals surface area contributed by atoms with Crippen molar-refractivity contribution in [3.63, 3.8) is 0 Å². The maximum atomic E-state index is 3.67. The van der Waals surface area contributed by atoms with Gasteiger partial charge in [-0.2, -0.15) is 0 Å². The van der Waals surface area contributed by atoms with Crippen LogP contribution in [-0.4, -0.2) is 10.5 Å². The van der Waals surface area contributed by atoms with Gasteiger partial charge >= 0.3 is 0 Å². The Labute approximate surface area is 96.1 Å². The standard InChI is InChI=1S/C14H18N2/c1-14(7-3-8-14)16-10-12-5-2-4-11-6-9-15-13(11)12/h2,4-6,9,15-16H,3,7-8,10H2,1H3. The second-order valence-electron chi connectivity index (χ2n) is 5.13. The number of fused-ring (bicyclic) bond motifs is 1. The number of hydrogen-bond acceptors (Lipinski definition) is 1. The van der Waals surface area contributed by atoms with E-state index in [0.717, 1.165) is 6.54 Å². The number of para-hydroxylation sites is 1. The number of H-pyrrole nitrogens is 1. The zero-order chi connectivity index (χ0) is 11.0. The Hall–Kier alpha value is -1.28. The summed E-state index contributed by atoms with van der Waals surface area (Å²) in [5.74, 6) is 0. The van der Waals surface area contributed by atoms with Crippen molar-refractivity contribution in [1.29, 1.82) is 0 Å². The van der Waals surface area contributed by atoms with E-state index < -0.39 is 0 Å². The lowest BCUT2D eigenvalue weighted by Crippen LogP contribution is -2.47. The first-order valence-corrected chi connectivity index (χ1v) is 6.07. The van der Waals surface area contributed by atoms with Gasteiger partial charge in [-0.25, -0.2) is 0 Å². The number of aromatic nitrogens is 1. The van der Waals surface area contributed by atoms with E-state index in [-0.39, 0.29) is 0 Å². The molecule has 0 unspecified atom stereocenters. The van der Waals surface area contributed by atoms with Crippen LogP contribution in [-0.2, 0) is 6.54 Å². The number of rotatable bonds is 3. The molecule has 1 aliphatic rings. The van der Waals surface area contributed by atoms with E-state index in [2.05, 4.69) is 41.5 Å². The van der Waals surface area contributed by atoms with Crippen molar-refractivity contribution < 1.29 is 0 Å². The molecule has 84 valence electrons. The largest absolute Gasteiger partial charge is 0.361 e. The van der Waals surface area contributed by atoms with E-state index in [9.17, 15) is 0 Å². The molecule has 2 heteroatoms. The molecule has 1 aliphatic carbocycles. The number of nitrogens with one attached hydrogen (secondary N) is 2. The van der Waals surface area contributed by atoms with Crippen LogP contribution in [0, 0.1) is 0 Å². The van der Waals surface area contributed by atoms with Gasteiger partial charge in [0.25, 0.3) is 0 Å². The van der Waals surface area contributed by atoms with Crippen molar-refractivity contribution in [1.82, 2.24) is 10.3 Å². The van der Waals surface area contributed by atoms with Gasteiger partial charge in [0.05, 0.1) is 0 Å². The van der Waals surface area contributed by atoms with Gasteiger partial charge in [0.2, 0.25) is 0 Å². The highest BCUT2D eigenvalue weighted by Crippen LogP contribution is 2.31. The van der Waals surface area contributed by atoms with E-state index >= 15 is 0 Å². The Balaban J connectivity index is 1.81. The van der Waals surface area contributed by atoms with Crippen LogP contribution in [0.2, 0.25) is 0 Å². The minimum atomic E-state index is 0.384. The molecule has 0 saturated heterocycles. The van der Waals surface area contributed by atoms with Gasteiger partial charge in [0.1, 0.15) is 0 Å². The zero-order valence-corrected chi connectivity index (χ0v) is 9.72. The van der Waals surface area contributed by atoms with Crippen molar-refractivity contribution in [2.45, 2.75) is 38.3 Å². The highest BCUT2D eigenvalue weighted by molar-refractivity contribution is 5.82. The van der Waals surface area contributed by atoms with Crippen LogP contribution in [0.5, 0.6) is 0 Å². The summed E-state index contributed by atoms with van der Waals surface area (Å²) in [5, 5.41) is 4.98. The lowest BCUT2D eigenvalue weighted by molar-refractivity contribution is 0.207. The summed E-state index contributed by atoms with van der Waals surface area (Å²) in [6.45, 7) is 3.29. The summed E-state index contributed by atoms with van der Waals surface area (Å²) in [5.41, 5.74) is 3.03. The summed E-state index contributed by atoms with van der Waals surface area (Å²) in [4.78, 5) is 3.32. The average Bonchev–Trinajstić information content (AvgIpc) is 2.72. The predicted molar refractivity (Wildman–Crippen MR) is 67.4 cm³/mol. The van der Waals surface area contributed by atoms with Gasteiger partial charge in [0.15, 0.2) is 0 Å². The molecular formula is C14H18N2. The SMILES string of the molecule is CC1(NCc2cccc3cc[nH]c23)CCC1. The predicted octanol–water partition coefficient (Wildman–Crippen LogP) is 3.20. The number of benzene rings is 1. The molecule has 1 aromatic heterocycles. The molecule has 0 aliphatic heterocycles. The lowest BCUT2D eigenvalue weighted by Gasteiger charge is -2.39. The first-order chi connectivity index (χ1) is 7.77. The van der Waals surface area contributed by atoms with E-state index in [0.29, 0.717) is 5.54 Å². The van der Waals surface area contributed by atoms with Gasteiger partial charge in [-0.05, 0) is 43.2 Å². The zero-order valence-electron chi connectivity index (χ0n) is 9.72. The molecule has 1 heterocycles. The van der Waals surface area contributed by atoms with Gasteiger partial charge in [0, 0.05) is 23.8 Å². The van der Waals surface area contributed by atoms with Crippen molar-refractivity contribution in [3.8, 4) is 0 Å². The minimum Gasteiger partial charge on any atom is -0.361 e. The molecule has 0 amide bonds. The molecule has 2 nitrogen and oxygen atoms in total. The van der Waals surface area contributed by atoms with Crippen LogP contribution >= 0.6 is 0 Å². The van der Waals surface area contributed by atoms with Crippen molar-refractivity contribution in [2.24, 2.45) is 0 Å². The first kappa shape index (κ1) is 9.91. The highest BCUT2D eigenvalue weighted by Gasteiger charge is 2.30. The molecule has 16 heavy (non-hydrogen) atoms. The fourth-order valence-electron chi connectivity index (χ4n) is 2.49. The van der Waals surface area contributed by atoms with E-state index in [1.54, 1.807) is 0 Å². The van der Waals surface area contributed by atoms with Crippen molar-refractivity contribution >= 4 is 10.9 Å². The van der Waals surface area contributed by atoms with Crippen LogP contribution in [0.1, 0.15) is 31.7 Å². The summed E-state index contributed by atoms with van der Waals surface area (Å²) in [6.07, 6.45) is 6.01. The Morgan fingerprint density at radius 2 is 2.19 bits per heavy atom. The third kappa shape index (κ3) is 1.63. The van der Waals surface area contributed by atoms with Gasteiger partial charge in [-0.3, -0.25) is 0 Å². The van der Waals surface area contributed by atoms with E-state index in [1.165, 1.54) is 35.7 Å². The number of aromatic amines is 1. The van der Waals surface area contributed by atoms with Crippen LogP contribution < -0.4 is 5.32 Å². The number of hydrogen-bond donors (Lipinski definition) is 2. The van der Waals surface area contributed by atoms with Crippen molar-refractivity contribution in [2.75, 3.05) is 0 Å². The lowest BCUT2D eigenvalue weighted by atomic mass is 9.78. The molecule has 3 rings (SSSR count). The van der Waals surface area contributed by atoms with Crippen molar-refractivity contribution in [3.05, 3.63) is 36.0 Å². The monoisotopic (exact) mass is 214 g/mol. The first-order valence-electron chi connectivity index (χ1n) is 6.07. The van der Waals surface area contributed by atoms with Gasteiger partial charge in [-0.15, -0.1) is 0 Å². The molecule has 0 spiro atoms. The topological polar surface area (TPSA) is 27.8 Å². The molecule has 1 saturated carbocycles. The van der Waals surface area contributed by atoms with Crippen LogP contribution in [0.25, 0.3) is 10.9 Å². The third-order valence-corrected chi connectivity index (χ3v) is 3.84. The third-order valence-electron chi connectivity index (χ3n) is 3.84. The Kier molecular flexibility index (Phi) is 2.25. The molecular weight excluding hydrogens is 196 g/mol. The summed E-state index contributed by atoms with van der Waals surface area (Å²) >= 11 is 0. The van der Waals surface area contributed by atoms with Crippen LogP contribution in [0.4, 0.5) is 0 Å².